The fourth-order valence-corrected chi connectivity index (χ4v) is 1.57. The topological polar surface area (TPSA) is 38.9 Å². The van der Waals surface area contributed by atoms with E-state index in [0.29, 0.717) is 0 Å². The predicted molar refractivity (Wildman–Crippen MR) is 63.5 cm³/mol. The molecule has 2 N–H and O–H groups in total. The smallest absolute Gasteiger partial charge is 0.0424 e. The van der Waals surface area contributed by atoms with E-state index in [1.165, 1.54) is 5.56 Å². The molecule has 1 aromatic heterocycles. The summed E-state index contributed by atoms with van der Waals surface area (Å²) in [6.45, 7) is 2.15. The van der Waals surface area contributed by atoms with E-state index in [1.54, 1.807) is 12.4 Å². The molecule has 0 radical (unpaired) electrons. The summed E-state index contributed by atoms with van der Waals surface area (Å²) >= 11 is 0. The Hall–Kier alpha value is -1.83. The zero-order chi connectivity index (χ0) is 10.7. The first kappa shape index (κ1) is 9.71. The molecule has 2 aromatic rings. The second-order valence-corrected chi connectivity index (χ2v) is 3.51. The highest BCUT2D eigenvalue weighted by Crippen LogP contribution is 2.24. The van der Waals surface area contributed by atoms with Crippen LogP contribution in [0.2, 0.25) is 0 Å². The highest BCUT2D eigenvalue weighted by Gasteiger charge is 2.01. The Labute approximate surface area is 89.8 Å². The average Bonchev–Trinajstić information content (AvgIpc) is 2.30. The number of nitrogens with two attached hydrogens (primary N) is 1. The van der Waals surface area contributed by atoms with Gasteiger partial charge < -0.3 is 5.73 Å². The fraction of sp³-hybridized carbons (Fsp3) is 0.154. The molecule has 15 heavy (non-hydrogen) atoms. The standard InChI is InChI=1S/C13H14N2/c1-2-10-3-5-11(6-4-10)12-9-15-8-7-13(12)14/h3-9H,2H2,1H3,(H2,14,15). The van der Waals surface area contributed by atoms with E-state index in [2.05, 4.69) is 36.2 Å². The zero-order valence-corrected chi connectivity index (χ0v) is 8.77. The molecule has 0 unspecified atom stereocenters. The Bertz CT molecular complexity index is 446. The second kappa shape index (κ2) is 4.13. The van der Waals surface area contributed by atoms with Crippen molar-refractivity contribution >= 4 is 5.69 Å². The number of hydrogen-bond donors (Lipinski definition) is 1. The first-order chi connectivity index (χ1) is 7.31. The Morgan fingerprint density at radius 3 is 2.47 bits per heavy atom. The molecule has 76 valence electrons. The largest absolute Gasteiger partial charge is 0.398 e. The van der Waals surface area contributed by atoms with Gasteiger partial charge in [0.05, 0.1) is 0 Å². The molecule has 0 amide bonds. The number of benzene rings is 1. The third kappa shape index (κ3) is 1.99. The number of pyridine rings is 1. The van der Waals surface area contributed by atoms with Crippen LogP contribution in [-0.2, 0) is 6.42 Å². The molecule has 0 saturated carbocycles. The highest BCUT2D eigenvalue weighted by molar-refractivity contribution is 5.75. The second-order valence-electron chi connectivity index (χ2n) is 3.51. The molecule has 0 bridgehead atoms. The number of hydrogen-bond acceptors (Lipinski definition) is 2. The van der Waals surface area contributed by atoms with Gasteiger partial charge in [-0.2, -0.15) is 0 Å². The van der Waals surface area contributed by atoms with Crippen LogP contribution in [0.4, 0.5) is 5.69 Å². The molecule has 1 aromatic carbocycles. The van der Waals surface area contributed by atoms with Crippen molar-refractivity contribution in [2.75, 3.05) is 5.73 Å². The lowest BCUT2D eigenvalue weighted by Crippen LogP contribution is -1.90. The van der Waals surface area contributed by atoms with Crippen LogP contribution in [0.1, 0.15) is 12.5 Å². The van der Waals surface area contributed by atoms with Crippen LogP contribution in [-0.4, -0.2) is 4.98 Å². The van der Waals surface area contributed by atoms with Gasteiger partial charge in [0.1, 0.15) is 0 Å². The van der Waals surface area contributed by atoms with Gasteiger partial charge in [0.25, 0.3) is 0 Å². The molecular weight excluding hydrogens is 184 g/mol. The van der Waals surface area contributed by atoms with Gasteiger partial charge in [0.2, 0.25) is 0 Å². The summed E-state index contributed by atoms with van der Waals surface area (Å²) in [6.07, 6.45) is 4.57. The fourth-order valence-electron chi connectivity index (χ4n) is 1.57. The van der Waals surface area contributed by atoms with Crippen LogP contribution >= 0.6 is 0 Å². The molecule has 1 heterocycles. The van der Waals surface area contributed by atoms with Gasteiger partial charge in [-0.25, -0.2) is 0 Å². The minimum atomic E-state index is 0.772. The lowest BCUT2D eigenvalue weighted by atomic mass is 10.0. The van der Waals surface area contributed by atoms with Crippen LogP contribution in [0.5, 0.6) is 0 Å². The SMILES string of the molecule is CCc1ccc(-c2cnccc2N)cc1. The van der Waals surface area contributed by atoms with Crippen molar-refractivity contribution in [2.24, 2.45) is 0 Å². The van der Waals surface area contributed by atoms with Crippen molar-refractivity contribution in [3.63, 3.8) is 0 Å². The van der Waals surface area contributed by atoms with Gasteiger partial charge in [-0.1, -0.05) is 31.2 Å². The molecule has 2 nitrogen and oxygen atoms in total. The Morgan fingerprint density at radius 1 is 1.13 bits per heavy atom. The molecular formula is C13H14N2. The van der Waals surface area contributed by atoms with Crippen LogP contribution < -0.4 is 5.73 Å². The zero-order valence-electron chi connectivity index (χ0n) is 8.77. The lowest BCUT2D eigenvalue weighted by molar-refractivity contribution is 1.14. The molecule has 0 saturated heterocycles. The molecule has 0 spiro atoms. The van der Waals surface area contributed by atoms with Crippen LogP contribution in [0.25, 0.3) is 11.1 Å². The Kier molecular flexibility index (Phi) is 2.68. The maximum atomic E-state index is 5.88. The van der Waals surface area contributed by atoms with E-state index >= 15 is 0 Å². The van der Waals surface area contributed by atoms with Crippen LogP contribution in [0.15, 0.2) is 42.7 Å². The van der Waals surface area contributed by atoms with Gasteiger partial charge in [-0.05, 0) is 23.6 Å². The van der Waals surface area contributed by atoms with Crippen molar-refractivity contribution in [2.45, 2.75) is 13.3 Å². The van der Waals surface area contributed by atoms with E-state index < -0.39 is 0 Å². The summed E-state index contributed by atoms with van der Waals surface area (Å²) in [5.41, 5.74) is 10.1. The minimum absolute atomic E-state index is 0.772. The monoisotopic (exact) mass is 198 g/mol. The average molecular weight is 198 g/mol. The first-order valence-corrected chi connectivity index (χ1v) is 5.10. The van der Waals surface area contributed by atoms with E-state index in [4.69, 9.17) is 5.73 Å². The third-order valence-corrected chi connectivity index (χ3v) is 2.53. The van der Waals surface area contributed by atoms with E-state index in [0.717, 1.165) is 23.2 Å². The van der Waals surface area contributed by atoms with Gasteiger partial charge in [0.15, 0.2) is 0 Å². The summed E-state index contributed by atoms with van der Waals surface area (Å²) < 4.78 is 0. The van der Waals surface area contributed by atoms with Crippen molar-refractivity contribution < 1.29 is 0 Å². The molecule has 0 fully saturated rings. The van der Waals surface area contributed by atoms with Gasteiger partial charge in [-0.15, -0.1) is 0 Å². The van der Waals surface area contributed by atoms with Gasteiger partial charge in [0, 0.05) is 23.6 Å². The van der Waals surface area contributed by atoms with E-state index in [9.17, 15) is 0 Å². The van der Waals surface area contributed by atoms with Crippen LogP contribution in [0, 0.1) is 0 Å². The molecule has 2 rings (SSSR count). The third-order valence-electron chi connectivity index (χ3n) is 2.53. The number of aryl methyl sites for hydroxylation is 1. The summed E-state index contributed by atoms with van der Waals surface area (Å²) in [7, 11) is 0. The Morgan fingerprint density at radius 2 is 1.87 bits per heavy atom. The predicted octanol–water partition coefficient (Wildman–Crippen LogP) is 2.89. The van der Waals surface area contributed by atoms with E-state index in [-0.39, 0.29) is 0 Å². The molecule has 0 aliphatic rings. The number of nitrogens with zero attached hydrogens (tertiary/aromatic N) is 1. The summed E-state index contributed by atoms with van der Waals surface area (Å²) in [6, 6.07) is 10.3. The van der Waals surface area contributed by atoms with E-state index in [1.807, 2.05) is 6.07 Å². The normalized spacial score (nSPS) is 10.2. The summed E-state index contributed by atoms with van der Waals surface area (Å²) in [4.78, 5) is 4.08. The van der Waals surface area contributed by atoms with Gasteiger partial charge >= 0.3 is 0 Å². The van der Waals surface area contributed by atoms with Gasteiger partial charge in [-0.3, -0.25) is 4.98 Å². The minimum Gasteiger partial charge on any atom is -0.398 e. The molecule has 0 aliphatic heterocycles. The quantitative estimate of drug-likeness (QED) is 0.805. The molecule has 0 atom stereocenters. The maximum Gasteiger partial charge on any atom is 0.0424 e. The lowest BCUT2D eigenvalue weighted by Gasteiger charge is -2.05. The summed E-state index contributed by atoms with van der Waals surface area (Å²) in [5, 5.41) is 0. The maximum absolute atomic E-state index is 5.88. The highest BCUT2D eigenvalue weighted by atomic mass is 14.7. The molecule has 0 aliphatic carbocycles. The number of aromatic nitrogens is 1. The van der Waals surface area contributed by atoms with Crippen molar-refractivity contribution in [3.05, 3.63) is 48.3 Å². The van der Waals surface area contributed by atoms with Crippen molar-refractivity contribution in [3.8, 4) is 11.1 Å². The number of anilines is 1. The molecule has 2 heteroatoms. The van der Waals surface area contributed by atoms with Crippen molar-refractivity contribution in [1.29, 1.82) is 0 Å². The Balaban J connectivity index is 2.42. The number of rotatable bonds is 2. The van der Waals surface area contributed by atoms with Crippen LogP contribution in [0.3, 0.4) is 0 Å². The number of nitrogen functional groups attached to an aromatic ring is 1. The summed E-state index contributed by atoms with van der Waals surface area (Å²) in [5.74, 6) is 0. The first-order valence-electron chi connectivity index (χ1n) is 5.10. The van der Waals surface area contributed by atoms with Crippen molar-refractivity contribution in [1.82, 2.24) is 4.98 Å².